The number of urea groups is 1. The van der Waals surface area contributed by atoms with Crippen molar-refractivity contribution in [3.8, 4) is 0 Å². The minimum atomic E-state index is -0.357. The van der Waals surface area contributed by atoms with Crippen LogP contribution in [-0.4, -0.2) is 50.5 Å². The van der Waals surface area contributed by atoms with Gasteiger partial charge in [0.25, 0.3) is 0 Å². The molecular formula is C18H29FN4O2. The van der Waals surface area contributed by atoms with Crippen molar-refractivity contribution < 1.29 is 13.9 Å². The van der Waals surface area contributed by atoms with Crippen LogP contribution in [0.1, 0.15) is 27.7 Å². The summed E-state index contributed by atoms with van der Waals surface area (Å²) in [5.41, 5.74) is 0.746. The third-order valence-corrected chi connectivity index (χ3v) is 4.33. The van der Waals surface area contributed by atoms with Crippen molar-refractivity contribution in [1.82, 2.24) is 10.6 Å². The maximum absolute atomic E-state index is 14.5. The van der Waals surface area contributed by atoms with Gasteiger partial charge in [-0.1, -0.05) is 0 Å². The number of morpholine rings is 1. The van der Waals surface area contributed by atoms with E-state index >= 15 is 0 Å². The van der Waals surface area contributed by atoms with Crippen LogP contribution in [0.15, 0.2) is 18.2 Å². The zero-order valence-electron chi connectivity index (χ0n) is 15.6. The first-order chi connectivity index (χ1) is 11.7. The quantitative estimate of drug-likeness (QED) is 0.762. The van der Waals surface area contributed by atoms with Gasteiger partial charge in [-0.25, -0.2) is 9.18 Å². The van der Waals surface area contributed by atoms with E-state index in [4.69, 9.17) is 4.74 Å². The summed E-state index contributed by atoms with van der Waals surface area (Å²) in [5.74, 6) is -0.352. The predicted octanol–water partition coefficient (Wildman–Crippen LogP) is 2.56. The SMILES string of the molecule is CNC(C)(C)CNC(=O)Nc1ccc(N2C[C@H](C)O[C@@H](C)C2)c(F)c1. The van der Waals surface area contributed by atoms with E-state index in [0.29, 0.717) is 31.0 Å². The molecule has 0 aromatic heterocycles. The highest BCUT2D eigenvalue weighted by Crippen LogP contribution is 2.26. The van der Waals surface area contributed by atoms with Crippen LogP contribution in [0.25, 0.3) is 0 Å². The van der Waals surface area contributed by atoms with Gasteiger partial charge in [0.05, 0.1) is 17.9 Å². The molecule has 0 saturated carbocycles. The highest BCUT2D eigenvalue weighted by molar-refractivity contribution is 5.89. The smallest absolute Gasteiger partial charge is 0.319 e. The number of rotatable bonds is 5. The molecule has 1 saturated heterocycles. The van der Waals surface area contributed by atoms with Crippen LogP contribution in [0.4, 0.5) is 20.6 Å². The van der Waals surface area contributed by atoms with Crippen molar-refractivity contribution in [1.29, 1.82) is 0 Å². The van der Waals surface area contributed by atoms with Crippen LogP contribution >= 0.6 is 0 Å². The number of amides is 2. The third-order valence-electron chi connectivity index (χ3n) is 4.33. The number of halogens is 1. The predicted molar refractivity (Wildman–Crippen MR) is 98.8 cm³/mol. The fourth-order valence-electron chi connectivity index (χ4n) is 2.78. The largest absolute Gasteiger partial charge is 0.372 e. The molecule has 0 unspecified atom stereocenters. The number of carbonyl (C=O) groups is 1. The molecule has 0 aliphatic carbocycles. The van der Waals surface area contributed by atoms with E-state index < -0.39 is 0 Å². The fraction of sp³-hybridized carbons (Fsp3) is 0.611. The summed E-state index contributed by atoms with van der Waals surface area (Å²) >= 11 is 0. The maximum atomic E-state index is 14.5. The molecule has 2 amide bonds. The van der Waals surface area contributed by atoms with Gasteiger partial charge in [-0.3, -0.25) is 0 Å². The Kier molecular flexibility index (Phi) is 6.24. The number of hydrogen-bond acceptors (Lipinski definition) is 4. The van der Waals surface area contributed by atoms with Gasteiger partial charge in [0, 0.05) is 30.9 Å². The molecule has 1 fully saturated rings. The average molecular weight is 352 g/mol. The Morgan fingerprint density at radius 2 is 1.96 bits per heavy atom. The molecule has 25 heavy (non-hydrogen) atoms. The Morgan fingerprint density at radius 3 is 2.52 bits per heavy atom. The lowest BCUT2D eigenvalue weighted by Crippen LogP contribution is -2.48. The van der Waals surface area contributed by atoms with Crippen LogP contribution < -0.4 is 20.9 Å². The van der Waals surface area contributed by atoms with E-state index in [-0.39, 0.29) is 29.6 Å². The van der Waals surface area contributed by atoms with E-state index in [2.05, 4.69) is 16.0 Å². The van der Waals surface area contributed by atoms with Crippen molar-refractivity contribution in [2.75, 3.05) is 36.9 Å². The van der Waals surface area contributed by atoms with Gasteiger partial charge in [-0.15, -0.1) is 0 Å². The first-order valence-corrected chi connectivity index (χ1v) is 8.64. The molecule has 1 aliphatic rings. The molecule has 2 rings (SSSR count). The molecule has 0 radical (unpaired) electrons. The minimum absolute atomic E-state index is 0.0576. The second kappa shape index (κ2) is 8.01. The van der Waals surface area contributed by atoms with Gasteiger partial charge in [-0.2, -0.15) is 0 Å². The first-order valence-electron chi connectivity index (χ1n) is 8.64. The minimum Gasteiger partial charge on any atom is -0.372 e. The zero-order valence-corrected chi connectivity index (χ0v) is 15.6. The Balaban J connectivity index is 1.98. The maximum Gasteiger partial charge on any atom is 0.319 e. The second-order valence-corrected chi connectivity index (χ2v) is 7.27. The molecule has 6 nitrogen and oxygen atoms in total. The normalized spacial score (nSPS) is 21.1. The number of anilines is 2. The summed E-state index contributed by atoms with van der Waals surface area (Å²) in [6.07, 6.45) is 0.115. The summed E-state index contributed by atoms with van der Waals surface area (Å²) in [6, 6.07) is 4.41. The number of ether oxygens (including phenoxy) is 1. The van der Waals surface area contributed by atoms with Crippen molar-refractivity contribution >= 4 is 17.4 Å². The number of hydrogen-bond donors (Lipinski definition) is 3. The summed E-state index contributed by atoms with van der Waals surface area (Å²) in [7, 11) is 1.83. The van der Waals surface area contributed by atoms with Crippen LogP contribution in [0, 0.1) is 5.82 Å². The monoisotopic (exact) mass is 352 g/mol. The fourth-order valence-corrected chi connectivity index (χ4v) is 2.78. The molecule has 1 heterocycles. The number of nitrogens with one attached hydrogen (secondary N) is 3. The first kappa shape index (κ1) is 19.5. The number of likely N-dealkylation sites (N-methyl/N-ethyl adjacent to an activating group) is 1. The second-order valence-electron chi connectivity index (χ2n) is 7.27. The average Bonchev–Trinajstić information content (AvgIpc) is 2.52. The summed E-state index contributed by atoms with van der Waals surface area (Å²) < 4.78 is 20.2. The lowest BCUT2D eigenvalue weighted by molar-refractivity contribution is -0.00539. The molecule has 3 N–H and O–H groups in total. The molecule has 7 heteroatoms. The van der Waals surface area contributed by atoms with E-state index in [1.807, 2.05) is 39.6 Å². The van der Waals surface area contributed by atoms with E-state index in [1.165, 1.54) is 6.07 Å². The number of benzene rings is 1. The van der Waals surface area contributed by atoms with Gasteiger partial charge in [0.2, 0.25) is 0 Å². The van der Waals surface area contributed by atoms with Gasteiger partial charge in [0.15, 0.2) is 0 Å². The van der Waals surface area contributed by atoms with Gasteiger partial charge in [-0.05, 0) is 52.9 Å². The molecule has 140 valence electrons. The van der Waals surface area contributed by atoms with Crippen molar-refractivity contribution in [2.45, 2.75) is 45.4 Å². The molecule has 2 atom stereocenters. The Hall–Kier alpha value is -1.86. The third kappa shape index (κ3) is 5.57. The molecular weight excluding hydrogens is 323 g/mol. The summed E-state index contributed by atoms with van der Waals surface area (Å²) in [5, 5.41) is 8.54. The van der Waals surface area contributed by atoms with Crippen LogP contribution in [-0.2, 0) is 4.74 Å². The number of nitrogens with zero attached hydrogens (tertiary/aromatic N) is 1. The van der Waals surface area contributed by atoms with Crippen LogP contribution in [0.2, 0.25) is 0 Å². The standard InChI is InChI=1S/C18H29FN4O2/c1-12-9-23(10-13(2)25-12)16-7-6-14(8-15(16)19)22-17(24)21-11-18(3,4)20-5/h6-8,12-13,20H,9-11H2,1-5H3,(H2,21,22,24)/t12-,13-/m0/s1. The highest BCUT2D eigenvalue weighted by Gasteiger charge is 2.24. The summed E-state index contributed by atoms with van der Waals surface area (Å²) in [4.78, 5) is 13.9. The number of carbonyl (C=O) groups excluding carboxylic acids is 1. The molecule has 0 spiro atoms. The van der Waals surface area contributed by atoms with Gasteiger partial charge < -0.3 is 25.6 Å². The lowest BCUT2D eigenvalue weighted by atomic mass is 10.1. The van der Waals surface area contributed by atoms with Crippen molar-refractivity contribution in [3.63, 3.8) is 0 Å². The zero-order chi connectivity index (χ0) is 18.6. The topological polar surface area (TPSA) is 65.6 Å². The van der Waals surface area contributed by atoms with Gasteiger partial charge in [0.1, 0.15) is 5.82 Å². The Morgan fingerprint density at radius 1 is 1.32 bits per heavy atom. The van der Waals surface area contributed by atoms with Crippen LogP contribution in [0.3, 0.4) is 0 Å². The molecule has 1 aromatic rings. The summed E-state index contributed by atoms with van der Waals surface area (Å²) in [6.45, 7) is 9.67. The Labute approximate surface area is 149 Å². The molecule has 1 aliphatic heterocycles. The van der Waals surface area contributed by atoms with E-state index in [0.717, 1.165) is 0 Å². The Bertz CT molecular complexity index is 599. The molecule has 1 aromatic carbocycles. The van der Waals surface area contributed by atoms with E-state index in [1.54, 1.807) is 12.1 Å². The highest BCUT2D eigenvalue weighted by atomic mass is 19.1. The van der Waals surface area contributed by atoms with E-state index in [9.17, 15) is 9.18 Å². The lowest BCUT2D eigenvalue weighted by Gasteiger charge is -2.37. The van der Waals surface area contributed by atoms with Gasteiger partial charge >= 0.3 is 6.03 Å². The van der Waals surface area contributed by atoms with Crippen molar-refractivity contribution in [3.05, 3.63) is 24.0 Å². The molecule has 0 bridgehead atoms. The van der Waals surface area contributed by atoms with Crippen LogP contribution in [0.5, 0.6) is 0 Å². The van der Waals surface area contributed by atoms with Crippen molar-refractivity contribution in [2.24, 2.45) is 0 Å².